The van der Waals surface area contributed by atoms with Crippen molar-refractivity contribution in [3.05, 3.63) is 100 Å². The van der Waals surface area contributed by atoms with Crippen LogP contribution in [0.2, 0.25) is 0 Å². The highest BCUT2D eigenvalue weighted by atomic mass is 16.6. The first-order chi connectivity index (χ1) is 14.9. The van der Waals surface area contributed by atoms with E-state index < -0.39 is 71.2 Å². The zero-order chi connectivity index (χ0) is 24.2. The lowest BCUT2D eigenvalue weighted by Crippen LogP contribution is -2.34. The third-order valence-corrected chi connectivity index (χ3v) is 3.70. The summed E-state index contributed by atoms with van der Waals surface area (Å²) in [4.78, 5) is 64.4. The molecule has 0 saturated carbocycles. The number of carbonyl (C=O) groups is 2. The van der Waals surface area contributed by atoms with Crippen molar-refractivity contribution in [2.75, 3.05) is 0 Å². The molecule has 2 aromatic carbocycles. The summed E-state index contributed by atoms with van der Waals surface area (Å²) < 4.78 is 0. The molecule has 16 heteroatoms. The Hall–Kier alpha value is -5.28. The number of hydrogen-bond donors (Lipinski definition) is 2. The Morgan fingerprint density at radius 2 is 0.844 bits per heavy atom. The molecule has 2 N–H and O–H groups in total. The van der Waals surface area contributed by atoms with Crippen molar-refractivity contribution in [3.8, 4) is 0 Å². The van der Waals surface area contributed by atoms with Gasteiger partial charge in [-0.15, -0.1) is 0 Å². The minimum Gasteiger partial charge on any atom is -0.309 e. The summed E-state index contributed by atoms with van der Waals surface area (Å²) in [5, 5.41) is 47.7. The molecule has 0 aromatic heterocycles. The Morgan fingerprint density at radius 1 is 0.594 bits per heavy atom. The summed E-state index contributed by atoms with van der Waals surface area (Å²) in [6.07, 6.45) is 0. The Balaban J connectivity index is 2.23. The molecule has 0 atom stereocenters. The van der Waals surface area contributed by atoms with Gasteiger partial charge < -0.3 is 10.6 Å². The van der Waals surface area contributed by atoms with Crippen LogP contribution in [0.4, 0.5) is 22.7 Å². The molecule has 0 fully saturated rings. The second-order valence-corrected chi connectivity index (χ2v) is 5.89. The van der Waals surface area contributed by atoms with Crippen molar-refractivity contribution in [3.63, 3.8) is 0 Å². The molecule has 0 saturated heterocycles. The number of non-ortho nitro benzene ring substituents is 4. The van der Waals surface area contributed by atoms with Crippen LogP contribution >= 0.6 is 0 Å². The SMILES string of the molecule is C=C(NC(=O)c1cc([N+](=O)[O-])cc([N+](=O)[O-])c1)NC(=O)c1cc([N+](=O)[O-])cc([N+](=O)[O-])c1. The Kier molecular flexibility index (Phi) is 6.49. The Labute approximate surface area is 175 Å². The summed E-state index contributed by atoms with van der Waals surface area (Å²) in [5.41, 5.74) is -3.92. The molecule has 0 unspecified atom stereocenters. The predicted octanol–water partition coefficient (Wildman–Crippen LogP) is 1.95. The third kappa shape index (κ3) is 5.41. The van der Waals surface area contributed by atoms with E-state index in [1.54, 1.807) is 0 Å². The lowest BCUT2D eigenvalue weighted by Gasteiger charge is -2.10. The fourth-order valence-electron chi connectivity index (χ4n) is 2.32. The van der Waals surface area contributed by atoms with E-state index in [1.165, 1.54) is 0 Å². The average molecular weight is 446 g/mol. The predicted molar refractivity (Wildman–Crippen MR) is 104 cm³/mol. The van der Waals surface area contributed by atoms with Gasteiger partial charge >= 0.3 is 0 Å². The van der Waals surface area contributed by atoms with Crippen LogP contribution in [0.15, 0.2) is 48.8 Å². The van der Waals surface area contributed by atoms with Crippen molar-refractivity contribution >= 4 is 34.6 Å². The molecule has 0 bridgehead atoms. The van der Waals surface area contributed by atoms with Crippen LogP contribution in [0.5, 0.6) is 0 Å². The Bertz CT molecular complexity index is 1050. The van der Waals surface area contributed by atoms with Gasteiger partial charge in [-0.2, -0.15) is 0 Å². The van der Waals surface area contributed by atoms with Gasteiger partial charge in [0.2, 0.25) is 0 Å². The lowest BCUT2D eigenvalue weighted by molar-refractivity contribution is -0.394. The maximum absolute atomic E-state index is 12.3. The number of amides is 2. The number of nitro groups is 4. The minimum atomic E-state index is -1.10. The molecule has 2 aromatic rings. The molecule has 0 aliphatic heterocycles. The number of benzene rings is 2. The summed E-state index contributed by atoms with van der Waals surface area (Å²) >= 11 is 0. The van der Waals surface area contributed by atoms with Gasteiger partial charge in [0.1, 0.15) is 5.82 Å². The fourth-order valence-corrected chi connectivity index (χ4v) is 2.32. The van der Waals surface area contributed by atoms with E-state index in [-0.39, 0.29) is 0 Å². The van der Waals surface area contributed by atoms with Crippen LogP contribution in [0, 0.1) is 40.5 Å². The van der Waals surface area contributed by atoms with Crippen LogP contribution < -0.4 is 10.6 Å². The van der Waals surface area contributed by atoms with E-state index in [4.69, 9.17) is 0 Å². The molecule has 0 aliphatic rings. The van der Waals surface area contributed by atoms with Gasteiger partial charge in [-0.1, -0.05) is 6.58 Å². The highest BCUT2D eigenvalue weighted by Crippen LogP contribution is 2.24. The molecule has 32 heavy (non-hydrogen) atoms. The quantitative estimate of drug-likeness (QED) is 0.442. The number of carbonyl (C=O) groups excluding carboxylic acids is 2. The van der Waals surface area contributed by atoms with Crippen molar-refractivity contribution in [2.45, 2.75) is 0 Å². The summed E-state index contributed by atoms with van der Waals surface area (Å²) in [7, 11) is 0. The molecule has 2 amide bonds. The van der Waals surface area contributed by atoms with Gasteiger partial charge in [-0.3, -0.25) is 50.0 Å². The highest BCUT2D eigenvalue weighted by Gasteiger charge is 2.22. The first-order valence-corrected chi connectivity index (χ1v) is 8.08. The molecular formula is C16H10N6O10. The van der Waals surface area contributed by atoms with Crippen LogP contribution in [0.25, 0.3) is 0 Å². The first-order valence-electron chi connectivity index (χ1n) is 8.08. The summed E-state index contributed by atoms with van der Waals surface area (Å²) in [6, 6.07) is 4.29. The smallest absolute Gasteiger partial charge is 0.277 e. The van der Waals surface area contributed by atoms with Crippen LogP contribution in [-0.4, -0.2) is 31.5 Å². The number of rotatable bonds is 8. The number of hydrogen-bond acceptors (Lipinski definition) is 10. The number of nitrogens with zero attached hydrogens (tertiary/aromatic N) is 4. The van der Waals surface area contributed by atoms with Gasteiger partial charge in [-0.05, 0) is 0 Å². The molecule has 164 valence electrons. The lowest BCUT2D eigenvalue weighted by atomic mass is 10.1. The molecule has 0 heterocycles. The van der Waals surface area contributed by atoms with E-state index in [2.05, 4.69) is 6.58 Å². The molecular weight excluding hydrogens is 436 g/mol. The van der Waals surface area contributed by atoms with Gasteiger partial charge in [0, 0.05) is 24.3 Å². The number of nitrogens with one attached hydrogen (secondary N) is 2. The molecule has 0 spiro atoms. The third-order valence-electron chi connectivity index (χ3n) is 3.70. The monoisotopic (exact) mass is 446 g/mol. The zero-order valence-corrected chi connectivity index (χ0v) is 15.5. The van der Waals surface area contributed by atoms with Gasteiger partial charge in [0.05, 0.1) is 43.0 Å². The van der Waals surface area contributed by atoms with Crippen LogP contribution in [0.1, 0.15) is 20.7 Å². The standard InChI is InChI=1S/C16H10N6O10/c1-8(17-15(23)9-2-11(19(25)26)6-12(3-9)20(27)28)18-16(24)10-4-13(21(29)30)7-14(5-10)22(31)32/h2-7H,1H2,(H,17,23)(H,18,24). The van der Waals surface area contributed by atoms with Gasteiger partial charge in [0.15, 0.2) is 0 Å². The topological polar surface area (TPSA) is 231 Å². The minimum absolute atomic E-state index is 0.493. The second kappa shape index (κ2) is 9.03. The number of nitro benzene ring substituents is 4. The van der Waals surface area contributed by atoms with E-state index in [0.717, 1.165) is 24.3 Å². The normalized spacial score (nSPS) is 10.0. The van der Waals surface area contributed by atoms with Crippen LogP contribution in [-0.2, 0) is 0 Å². The zero-order valence-electron chi connectivity index (χ0n) is 15.5. The van der Waals surface area contributed by atoms with Crippen molar-refractivity contribution in [1.29, 1.82) is 0 Å². The van der Waals surface area contributed by atoms with E-state index in [0.29, 0.717) is 12.1 Å². The van der Waals surface area contributed by atoms with Crippen molar-refractivity contribution in [1.82, 2.24) is 10.6 Å². The molecule has 0 radical (unpaired) electrons. The average Bonchev–Trinajstić information content (AvgIpc) is 2.72. The molecule has 0 aliphatic carbocycles. The van der Waals surface area contributed by atoms with Crippen LogP contribution in [0.3, 0.4) is 0 Å². The Morgan fingerprint density at radius 3 is 1.06 bits per heavy atom. The molecule has 16 nitrogen and oxygen atoms in total. The van der Waals surface area contributed by atoms with Gasteiger partial charge in [0.25, 0.3) is 34.6 Å². The van der Waals surface area contributed by atoms with E-state index >= 15 is 0 Å². The fraction of sp³-hybridized carbons (Fsp3) is 0. The molecule has 2 rings (SSSR count). The van der Waals surface area contributed by atoms with Crippen molar-refractivity contribution in [2.24, 2.45) is 0 Å². The second-order valence-electron chi connectivity index (χ2n) is 5.89. The first kappa shape index (κ1) is 23.0. The maximum Gasteiger partial charge on any atom is 0.277 e. The van der Waals surface area contributed by atoms with E-state index in [9.17, 15) is 50.0 Å². The summed E-state index contributed by atoms with van der Waals surface area (Å²) in [6.45, 7) is 3.32. The van der Waals surface area contributed by atoms with Crippen molar-refractivity contribution < 1.29 is 29.3 Å². The van der Waals surface area contributed by atoms with E-state index in [1.807, 2.05) is 10.6 Å². The largest absolute Gasteiger partial charge is 0.309 e. The highest BCUT2D eigenvalue weighted by molar-refractivity contribution is 5.99. The summed E-state index contributed by atoms with van der Waals surface area (Å²) in [5.74, 6) is -2.72. The maximum atomic E-state index is 12.3. The van der Waals surface area contributed by atoms with Gasteiger partial charge in [-0.25, -0.2) is 0 Å².